The van der Waals surface area contributed by atoms with Crippen molar-refractivity contribution in [1.82, 2.24) is 14.7 Å². The highest BCUT2D eigenvalue weighted by molar-refractivity contribution is 7.98. The molecule has 102 valence electrons. The van der Waals surface area contributed by atoms with Crippen molar-refractivity contribution < 1.29 is 9.90 Å². The first-order chi connectivity index (χ1) is 9.13. The predicted molar refractivity (Wildman–Crippen MR) is 75.6 cm³/mol. The smallest absolute Gasteiger partial charge is 0.272 e. The molecule has 0 saturated carbocycles. The fourth-order valence-electron chi connectivity index (χ4n) is 1.80. The quantitative estimate of drug-likeness (QED) is 0.815. The number of thioether (sulfide) groups is 1. The first-order valence-corrected chi connectivity index (χ1v) is 7.33. The van der Waals surface area contributed by atoms with Gasteiger partial charge in [-0.15, -0.1) is 0 Å². The van der Waals surface area contributed by atoms with E-state index >= 15 is 0 Å². The molecule has 0 aliphatic carbocycles. The second-order valence-corrected chi connectivity index (χ2v) is 5.07. The number of pyridine rings is 1. The fraction of sp³-hybridized carbons (Fsp3) is 0.385. The van der Waals surface area contributed by atoms with Gasteiger partial charge in [-0.25, -0.2) is 4.98 Å². The molecule has 2 aromatic heterocycles. The van der Waals surface area contributed by atoms with Crippen LogP contribution in [0.1, 0.15) is 23.8 Å². The highest BCUT2D eigenvalue weighted by Gasteiger charge is 2.16. The lowest BCUT2D eigenvalue weighted by molar-refractivity contribution is 0.0942. The van der Waals surface area contributed by atoms with Crippen LogP contribution < -0.4 is 5.32 Å². The van der Waals surface area contributed by atoms with Gasteiger partial charge in [0.25, 0.3) is 5.91 Å². The van der Waals surface area contributed by atoms with Gasteiger partial charge in [0.1, 0.15) is 0 Å². The second kappa shape index (κ2) is 6.08. The van der Waals surface area contributed by atoms with E-state index in [1.165, 1.54) is 11.8 Å². The van der Waals surface area contributed by atoms with E-state index in [0.29, 0.717) is 18.7 Å². The lowest BCUT2D eigenvalue weighted by Gasteiger charge is -2.05. The van der Waals surface area contributed by atoms with Crippen LogP contribution in [0.3, 0.4) is 0 Å². The Balaban J connectivity index is 2.22. The normalized spacial score (nSPS) is 12.6. The maximum Gasteiger partial charge on any atom is 0.272 e. The van der Waals surface area contributed by atoms with Gasteiger partial charge in [0, 0.05) is 12.7 Å². The van der Waals surface area contributed by atoms with E-state index in [-0.39, 0.29) is 5.91 Å². The Morgan fingerprint density at radius 1 is 1.58 bits per heavy atom. The fourth-order valence-corrected chi connectivity index (χ4v) is 2.34. The topological polar surface area (TPSA) is 66.6 Å². The second-order valence-electron chi connectivity index (χ2n) is 4.30. The van der Waals surface area contributed by atoms with E-state index in [9.17, 15) is 9.90 Å². The highest BCUT2D eigenvalue weighted by atomic mass is 32.2. The summed E-state index contributed by atoms with van der Waals surface area (Å²) in [5.74, 6) is -0.204. The first-order valence-electron chi connectivity index (χ1n) is 6.11. The summed E-state index contributed by atoms with van der Waals surface area (Å²) >= 11 is 1.50. The molecule has 1 amide bonds. The maximum absolute atomic E-state index is 12.1. The Bertz CT molecular complexity index is 580. The average Bonchev–Trinajstić information content (AvgIpc) is 2.77. The molecule has 1 unspecified atom stereocenters. The molecule has 2 N–H and O–H groups in total. The van der Waals surface area contributed by atoms with Crippen molar-refractivity contribution in [1.29, 1.82) is 0 Å². The number of amides is 1. The SMILES string of the molecule is CSc1nc(C(=O)NCCC(C)O)c2ccccn12. The van der Waals surface area contributed by atoms with E-state index in [4.69, 9.17) is 0 Å². The summed E-state index contributed by atoms with van der Waals surface area (Å²) in [7, 11) is 0. The van der Waals surface area contributed by atoms with Gasteiger partial charge in [0.2, 0.25) is 0 Å². The van der Waals surface area contributed by atoms with Gasteiger partial charge in [-0.1, -0.05) is 17.8 Å². The lowest BCUT2D eigenvalue weighted by atomic mass is 10.2. The lowest BCUT2D eigenvalue weighted by Crippen LogP contribution is -2.27. The number of nitrogens with one attached hydrogen (secondary N) is 1. The number of aromatic nitrogens is 2. The minimum Gasteiger partial charge on any atom is -0.393 e. The number of fused-ring (bicyclic) bond motifs is 1. The third kappa shape index (κ3) is 3.08. The average molecular weight is 279 g/mol. The summed E-state index contributed by atoms with van der Waals surface area (Å²) in [6.07, 6.45) is 3.94. The minimum atomic E-state index is -0.416. The molecule has 0 aliphatic rings. The molecule has 19 heavy (non-hydrogen) atoms. The van der Waals surface area contributed by atoms with Crippen LogP contribution in [-0.4, -0.2) is 39.3 Å². The molecule has 0 fully saturated rings. The van der Waals surface area contributed by atoms with Crippen LogP contribution in [-0.2, 0) is 0 Å². The van der Waals surface area contributed by atoms with E-state index in [0.717, 1.165) is 10.7 Å². The largest absolute Gasteiger partial charge is 0.393 e. The molecule has 2 aromatic rings. The number of carbonyl (C=O) groups excluding carboxylic acids is 1. The monoisotopic (exact) mass is 279 g/mol. The van der Waals surface area contributed by atoms with Gasteiger partial charge in [-0.05, 0) is 31.7 Å². The van der Waals surface area contributed by atoms with Crippen molar-refractivity contribution in [3.05, 3.63) is 30.1 Å². The number of carbonyl (C=O) groups is 1. The summed E-state index contributed by atoms with van der Waals surface area (Å²) in [6, 6.07) is 5.66. The van der Waals surface area contributed by atoms with Crippen LogP contribution in [0.5, 0.6) is 0 Å². The van der Waals surface area contributed by atoms with Crippen molar-refractivity contribution in [3.63, 3.8) is 0 Å². The van der Waals surface area contributed by atoms with E-state index in [1.807, 2.05) is 35.1 Å². The molecule has 0 spiro atoms. The van der Waals surface area contributed by atoms with E-state index in [1.54, 1.807) is 6.92 Å². The molecule has 0 saturated heterocycles. The molecule has 0 aliphatic heterocycles. The van der Waals surface area contributed by atoms with Crippen molar-refractivity contribution in [3.8, 4) is 0 Å². The number of aliphatic hydroxyl groups is 1. The highest BCUT2D eigenvalue weighted by Crippen LogP contribution is 2.19. The first kappa shape index (κ1) is 13.9. The van der Waals surface area contributed by atoms with Crippen molar-refractivity contribution in [2.45, 2.75) is 24.6 Å². The molecule has 2 heterocycles. The molecule has 5 nitrogen and oxygen atoms in total. The van der Waals surface area contributed by atoms with Crippen LogP contribution in [0, 0.1) is 0 Å². The van der Waals surface area contributed by atoms with Crippen LogP contribution in [0.2, 0.25) is 0 Å². The molecule has 0 radical (unpaired) electrons. The number of hydrogen-bond donors (Lipinski definition) is 2. The van der Waals surface area contributed by atoms with Gasteiger partial charge >= 0.3 is 0 Å². The van der Waals surface area contributed by atoms with E-state index in [2.05, 4.69) is 10.3 Å². The number of hydrogen-bond acceptors (Lipinski definition) is 4. The van der Waals surface area contributed by atoms with Crippen LogP contribution in [0.15, 0.2) is 29.6 Å². The molecule has 1 atom stereocenters. The van der Waals surface area contributed by atoms with Crippen LogP contribution in [0.25, 0.3) is 5.52 Å². The van der Waals surface area contributed by atoms with Gasteiger partial charge in [-0.2, -0.15) is 0 Å². The summed E-state index contributed by atoms with van der Waals surface area (Å²) in [4.78, 5) is 16.4. The maximum atomic E-state index is 12.1. The summed E-state index contributed by atoms with van der Waals surface area (Å²) in [6.45, 7) is 2.14. The summed E-state index contributed by atoms with van der Waals surface area (Å²) in [5.41, 5.74) is 1.22. The zero-order valence-electron chi connectivity index (χ0n) is 11.0. The van der Waals surface area contributed by atoms with Gasteiger partial charge < -0.3 is 10.4 Å². The molecule has 6 heteroatoms. The molecular formula is C13H17N3O2S. The minimum absolute atomic E-state index is 0.204. The van der Waals surface area contributed by atoms with Gasteiger partial charge in [0.15, 0.2) is 10.9 Å². The predicted octanol–water partition coefficient (Wildman–Crippen LogP) is 1.56. The molecule has 0 aromatic carbocycles. The van der Waals surface area contributed by atoms with Crippen molar-refractivity contribution in [2.75, 3.05) is 12.8 Å². The Kier molecular flexibility index (Phi) is 4.44. The summed E-state index contributed by atoms with van der Waals surface area (Å²) in [5, 5.41) is 12.7. The van der Waals surface area contributed by atoms with Gasteiger partial charge in [0.05, 0.1) is 11.6 Å². The zero-order valence-corrected chi connectivity index (χ0v) is 11.8. The van der Waals surface area contributed by atoms with Crippen LogP contribution in [0.4, 0.5) is 0 Å². The molecule has 2 rings (SSSR count). The van der Waals surface area contributed by atoms with Gasteiger partial charge in [-0.3, -0.25) is 9.20 Å². The number of nitrogens with zero attached hydrogens (tertiary/aromatic N) is 2. The standard InChI is InChI=1S/C13H17N3O2S/c1-9(17)6-7-14-12(18)11-10-5-3-4-8-16(10)13(15-11)19-2/h3-5,8-9,17H,6-7H2,1-2H3,(H,14,18). The summed E-state index contributed by atoms with van der Waals surface area (Å²) < 4.78 is 1.90. The number of rotatable bonds is 5. The third-order valence-electron chi connectivity index (χ3n) is 2.76. The van der Waals surface area contributed by atoms with E-state index < -0.39 is 6.10 Å². The van der Waals surface area contributed by atoms with Crippen LogP contribution >= 0.6 is 11.8 Å². The number of aliphatic hydroxyl groups excluding tert-OH is 1. The Labute approximate surface area is 116 Å². The van der Waals surface area contributed by atoms with Crippen molar-refractivity contribution in [2.24, 2.45) is 0 Å². The Morgan fingerprint density at radius 3 is 3.05 bits per heavy atom. The Hall–Kier alpha value is -1.53. The molecular weight excluding hydrogens is 262 g/mol. The van der Waals surface area contributed by atoms with Crippen molar-refractivity contribution >= 4 is 23.2 Å². The molecule has 0 bridgehead atoms. The third-order valence-corrected chi connectivity index (χ3v) is 3.41. The Morgan fingerprint density at radius 2 is 2.37 bits per heavy atom. The zero-order chi connectivity index (χ0) is 13.8. The number of imidazole rings is 1.